The second-order valence-electron chi connectivity index (χ2n) is 10.4. The SMILES string of the molecule is COc1ccccc1Nc1ccnc(C#Cc2ccc(Nc3ncc(-c4ccccn4)c(NC4CCCCC4)n3)cc2)c1. The molecule has 1 aliphatic rings. The lowest BCUT2D eigenvalue weighted by atomic mass is 9.95. The standard InChI is InChI=1S/C35H33N7O/c1-43-33-13-6-5-12-32(33)39-29-20-22-36-28(23-29)19-16-25-14-17-27(18-15-25)41-35-38-24-30(31-11-7-8-21-37-31)34(42-35)40-26-9-3-2-4-10-26/h5-8,11-15,17-18,20-24,26H,2-4,9-10H2,1H3,(H,36,39)(H2,38,40,41,42). The Morgan fingerprint density at radius 2 is 1.60 bits per heavy atom. The van der Waals surface area contributed by atoms with Gasteiger partial charge in [0, 0.05) is 41.6 Å². The Morgan fingerprint density at radius 3 is 2.42 bits per heavy atom. The highest BCUT2D eigenvalue weighted by atomic mass is 16.5. The van der Waals surface area contributed by atoms with Gasteiger partial charge in [-0.2, -0.15) is 4.98 Å². The van der Waals surface area contributed by atoms with Gasteiger partial charge in [-0.05, 0) is 79.4 Å². The van der Waals surface area contributed by atoms with Gasteiger partial charge in [-0.1, -0.05) is 43.4 Å². The number of benzene rings is 2. The predicted octanol–water partition coefficient (Wildman–Crippen LogP) is 7.57. The van der Waals surface area contributed by atoms with Crippen LogP contribution in [0.1, 0.15) is 43.4 Å². The zero-order valence-electron chi connectivity index (χ0n) is 24.0. The van der Waals surface area contributed by atoms with Crippen molar-refractivity contribution in [3.05, 3.63) is 109 Å². The molecule has 0 spiro atoms. The summed E-state index contributed by atoms with van der Waals surface area (Å²) in [6.07, 6.45) is 11.4. The Hall–Kier alpha value is -5.42. The van der Waals surface area contributed by atoms with Gasteiger partial charge in [0.2, 0.25) is 5.95 Å². The largest absolute Gasteiger partial charge is 0.495 e. The third-order valence-electron chi connectivity index (χ3n) is 7.30. The topological polar surface area (TPSA) is 96.9 Å². The van der Waals surface area contributed by atoms with Gasteiger partial charge in [0.05, 0.1) is 24.1 Å². The molecule has 1 fully saturated rings. The lowest BCUT2D eigenvalue weighted by molar-refractivity contribution is 0.417. The van der Waals surface area contributed by atoms with E-state index in [1.54, 1.807) is 19.5 Å². The Balaban J connectivity index is 1.15. The average molecular weight is 568 g/mol. The molecular formula is C35H33N7O. The summed E-state index contributed by atoms with van der Waals surface area (Å²) in [5.41, 5.74) is 5.94. The summed E-state index contributed by atoms with van der Waals surface area (Å²) in [6, 6.07) is 25.8. The summed E-state index contributed by atoms with van der Waals surface area (Å²) in [4.78, 5) is 18.4. The molecule has 43 heavy (non-hydrogen) atoms. The van der Waals surface area contributed by atoms with E-state index >= 15 is 0 Å². The van der Waals surface area contributed by atoms with E-state index in [-0.39, 0.29) is 0 Å². The van der Waals surface area contributed by atoms with Crippen LogP contribution in [-0.4, -0.2) is 33.1 Å². The van der Waals surface area contributed by atoms with E-state index in [0.29, 0.717) is 17.7 Å². The Morgan fingerprint density at radius 1 is 0.767 bits per heavy atom. The fraction of sp³-hybridized carbons (Fsp3) is 0.200. The third-order valence-corrected chi connectivity index (χ3v) is 7.30. The maximum absolute atomic E-state index is 5.44. The van der Waals surface area contributed by atoms with Crippen LogP contribution in [0.25, 0.3) is 11.3 Å². The second kappa shape index (κ2) is 13.5. The summed E-state index contributed by atoms with van der Waals surface area (Å²) in [7, 11) is 1.66. The zero-order valence-corrected chi connectivity index (χ0v) is 24.0. The van der Waals surface area contributed by atoms with Crippen molar-refractivity contribution in [2.24, 2.45) is 0 Å². The van der Waals surface area contributed by atoms with Crippen LogP contribution >= 0.6 is 0 Å². The van der Waals surface area contributed by atoms with Crippen LogP contribution in [0.3, 0.4) is 0 Å². The van der Waals surface area contributed by atoms with Gasteiger partial charge in [0.25, 0.3) is 0 Å². The molecule has 0 atom stereocenters. The highest BCUT2D eigenvalue weighted by Gasteiger charge is 2.17. The van der Waals surface area contributed by atoms with E-state index in [1.165, 1.54) is 19.3 Å². The molecule has 1 aliphatic carbocycles. The van der Waals surface area contributed by atoms with Crippen LogP contribution in [0.4, 0.5) is 28.8 Å². The Bertz CT molecular complexity index is 1720. The molecule has 1 saturated carbocycles. The van der Waals surface area contributed by atoms with Crippen molar-refractivity contribution >= 4 is 28.8 Å². The van der Waals surface area contributed by atoms with E-state index in [1.807, 2.05) is 85.1 Å². The van der Waals surface area contributed by atoms with E-state index in [4.69, 9.17) is 9.72 Å². The first kappa shape index (κ1) is 27.7. The molecule has 0 saturated heterocycles. The summed E-state index contributed by atoms with van der Waals surface area (Å²) in [5.74, 6) is 8.47. The molecule has 8 heteroatoms. The number of hydrogen-bond acceptors (Lipinski definition) is 8. The van der Waals surface area contributed by atoms with Crippen LogP contribution in [0.5, 0.6) is 5.75 Å². The van der Waals surface area contributed by atoms with Crippen molar-refractivity contribution in [3.8, 4) is 28.8 Å². The molecular weight excluding hydrogens is 534 g/mol. The minimum absolute atomic E-state index is 0.406. The molecule has 3 heterocycles. The molecule has 5 aromatic rings. The first-order valence-electron chi connectivity index (χ1n) is 14.5. The van der Waals surface area contributed by atoms with Gasteiger partial charge in [0.15, 0.2) is 0 Å². The molecule has 0 radical (unpaired) electrons. The van der Waals surface area contributed by atoms with Gasteiger partial charge in [-0.3, -0.25) is 4.98 Å². The number of pyridine rings is 2. The highest BCUT2D eigenvalue weighted by molar-refractivity contribution is 5.73. The van der Waals surface area contributed by atoms with Crippen LogP contribution in [0, 0.1) is 11.8 Å². The lowest BCUT2D eigenvalue weighted by Gasteiger charge is -2.24. The molecule has 2 aromatic carbocycles. The average Bonchev–Trinajstić information content (AvgIpc) is 3.06. The van der Waals surface area contributed by atoms with E-state index in [9.17, 15) is 0 Å². The van der Waals surface area contributed by atoms with Gasteiger partial charge < -0.3 is 20.7 Å². The summed E-state index contributed by atoms with van der Waals surface area (Å²) < 4.78 is 5.44. The molecule has 8 nitrogen and oxygen atoms in total. The van der Waals surface area contributed by atoms with E-state index < -0.39 is 0 Å². The van der Waals surface area contributed by atoms with Crippen molar-refractivity contribution in [2.45, 2.75) is 38.1 Å². The smallest absolute Gasteiger partial charge is 0.229 e. The minimum atomic E-state index is 0.406. The molecule has 214 valence electrons. The summed E-state index contributed by atoms with van der Waals surface area (Å²) >= 11 is 0. The molecule has 3 N–H and O–H groups in total. The zero-order chi connectivity index (χ0) is 29.3. The van der Waals surface area contributed by atoms with Crippen LogP contribution < -0.4 is 20.7 Å². The van der Waals surface area contributed by atoms with Gasteiger partial charge >= 0.3 is 0 Å². The lowest BCUT2D eigenvalue weighted by Crippen LogP contribution is -2.23. The fourth-order valence-corrected chi connectivity index (χ4v) is 5.08. The number of rotatable bonds is 8. The normalized spacial score (nSPS) is 13.0. The second-order valence-corrected chi connectivity index (χ2v) is 10.4. The van der Waals surface area contributed by atoms with Gasteiger partial charge in [0.1, 0.15) is 17.3 Å². The van der Waals surface area contributed by atoms with Crippen LogP contribution in [-0.2, 0) is 0 Å². The number of nitrogens with one attached hydrogen (secondary N) is 3. The number of methoxy groups -OCH3 is 1. The van der Waals surface area contributed by atoms with Crippen molar-refractivity contribution in [1.82, 2.24) is 19.9 Å². The molecule has 3 aromatic heterocycles. The number of ether oxygens (including phenoxy) is 1. The fourth-order valence-electron chi connectivity index (χ4n) is 5.08. The molecule has 0 amide bonds. The number of para-hydroxylation sites is 2. The van der Waals surface area contributed by atoms with Crippen molar-refractivity contribution in [2.75, 3.05) is 23.1 Å². The van der Waals surface area contributed by atoms with E-state index in [0.717, 1.165) is 58.3 Å². The minimum Gasteiger partial charge on any atom is -0.495 e. The van der Waals surface area contributed by atoms with Crippen LogP contribution in [0.2, 0.25) is 0 Å². The third kappa shape index (κ3) is 7.27. The molecule has 0 aliphatic heterocycles. The monoisotopic (exact) mass is 567 g/mol. The molecule has 6 rings (SSSR count). The van der Waals surface area contributed by atoms with Crippen molar-refractivity contribution in [1.29, 1.82) is 0 Å². The molecule has 0 bridgehead atoms. The first-order chi connectivity index (χ1) is 21.2. The Kier molecular flexibility index (Phi) is 8.70. The first-order valence-corrected chi connectivity index (χ1v) is 14.5. The van der Waals surface area contributed by atoms with Crippen molar-refractivity contribution in [3.63, 3.8) is 0 Å². The maximum Gasteiger partial charge on any atom is 0.229 e. The number of hydrogen-bond donors (Lipinski definition) is 3. The van der Waals surface area contributed by atoms with Crippen molar-refractivity contribution < 1.29 is 4.74 Å². The number of aromatic nitrogens is 4. The summed E-state index contributed by atoms with van der Waals surface area (Å²) in [6.45, 7) is 0. The van der Waals surface area contributed by atoms with E-state index in [2.05, 4.69) is 42.7 Å². The van der Waals surface area contributed by atoms with Crippen LogP contribution in [0.15, 0.2) is 97.5 Å². The maximum atomic E-state index is 5.44. The van der Waals surface area contributed by atoms with Gasteiger partial charge in [-0.25, -0.2) is 9.97 Å². The highest BCUT2D eigenvalue weighted by Crippen LogP contribution is 2.30. The Labute approximate surface area is 252 Å². The molecule has 0 unspecified atom stereocenters. The quantitative estimate of drug-likeness (QED) is 0.165. The summed E-state index contributed by atoms with van der Waals surface area (Å²) in [5, 5.41) is 10.4. The number of nitrogens with zero attached hydrogens (tertiary/aromatic N) is 4. The number of anilines is 5. The predicted molar refractivity (Wildman–Crippen MR) is 172 cm³/mol. The van der Waals surface area contributed by atoms with Gasteiger partial charge in [-0.15, -0.1) is 0 Å².